The van der Waals surface area contributed by atoms with Crippen molar-refractivity contribution >= 4 is 28.7 Å². The van der Waals surface area contributed by atoms with Crippen LogP contribution < -0.4 is 0 Å². The van der Waals surface area contributed by atoms with E-state index >= 15 is 0 Å². The first kappa shape index (κ1) is 25.1. The molecule has 0 aliphatic heterocycles. The zero-order valence-corrected chi connectivity index (χ0v) is 21.0. The maximum Gasteiger partial charge on any atom is 0.435 e. The average Bonchev–Trinajstić information content (AvgIpc) is 3.44. The number of fused-ring (bicyclic) bond motifs is 1. The Morgan fingerprint density at radius 3 is 2.74 bits per heavy atom. The molecule has 0 amide bonds. The van der Waals surface area contributed by atoms with Crippen LogP contribution in [-0.4, -0.2) is 58.3 Å². The highest BCUT2D eigenvalue weighted by molar-refractivity contribution is 5.89. The smallest absolute Gasteiger partial charge is 0.435 e. The average molecular weight is 514 g/mol. The van der Waals surface area contributed by atoms with Crippen LogP contribution >= 0.6 is 0 Å². The highest BCUT2D eigenvalue weighted by Crippen LogP contribution is 2.22. The van der Waals surface area contributed by atoms with Gasteiger partial charge >= 0.3 is 6.09 Å². The molecule has 5 rings (SSSR count). The van der Waals surface area contributed by atoms with Gasteiger partial charge in [0.25, 0.3) is 0 Å². The Balaban J connectivity index is 1.38. The minimum Gasteiger partial charge on any atom is -0.442 e. The van der Waals surface area contributed by atoms with E-state index < -0.39 is 17.6 Å². The van der Waals surface area contributed by atoms with Gasteiger partial charge < -0.3 is 9.84 Å². The standard InChI is InChI=1S/C27H24FN7O3/c1-27(2,3)38-26(37)35-22-9-5-16(14-20(22)23(28)34-35)4-6-17-10-12-29-24(31-17)21-11-13-30-25(33-21)32-18-7-8-19(36)15-18/h5,9-14,19,36H,7-8,15H2,1-3H3/b32-18-/t19-/m0/s1. The van der Waals surface area contributed by atoms with Gasteiger partial charge in [0, 0.05) is 30.1 Å². The first-order chi connectivity index (χ1) is 18.1. The quantitative estimate of drug-likeness (QED) is 0.395. The number of aliphatic hydroxyl groups excluding tert-OH is 1. The Kier molecular flexibility index (Phi) is 6.65. The number of aliphatic imine (C=N–C) groups is 1. The van der Waals surface area contributed by atoms with Gasteiger partial charge in [0.1, 0.15) is 17.0 Å². The van der Waals surface area contributed by atoms with E-state index in [4.69, 9.17) is 4.74 Å². The van der Waals surface area contributed by atoms with Crippen LogP contribution in [0, 0.1) is 17.8 Å². The van der Waals surface area contributed by atoms with Crippen molar-refractivity contribution in [1.82, 2.24) is 29.7 Å². The van der Waals surface area contributed by atoms with Crippen molar-refractivity contribution in [3.63, 3.8) is 0 Å². The fraction of sp³-hybridized carbons (Fsp3) is 0.296. The lowest BCUT2D eigenvalue weighted by atomic mass is 10.1. The molecule has 0 spiro atoms. The molecule has 192 valence electrons. The summed E-state index contributed by atoms with van der Waals surface area (Å²) >= 11 is 0. The monoisotopic (exact) mass is 513 g/mol. The molecule has 0 saturated heterocycles. The minimum atomic E-state index is -0.797. The third kappa shape index (κ3) is 5.71. The number of aliphatic hydroxyl groups is 1. The molecule has 1 atom stereocenters. The number of aromatic nitrogens is 6. The lowest BCUT2D eigenvalue weighted by Gasteiger charge is -2.19. The maximum absolute atomic E-state index is 14.5. The summed E-state index contributed by atoms with van der Waals surface area (Å²) in [5.74, 6) is 5.76. The second-order valence-corrected chi connectivity index (χ2v) is 9.75. The molecule has 3 heterocycles. The number of nitrogens with zero attached hydrogens (tertiary/aromatic N) is 7. The highest BCUT2D eigenvalue weighted by atomic mass is 19.1. The Morgan fingerprint density at radius 2 is 1.97 bits per heavy atom. The number of halogens is 1. The van der Waals surface area contributed by atoms with Crippen molar-refractivity contribution in [2.75, 3.05) is 0 Å². The van der Waals surface area contributed by atoms with Crippen LogP contribution in [0.3, 0.4) is 0 Å². The van der Waals surface area contributed by atoms with E-state index in [1.807, 2.05) is 0 Å². The number of benzene rings is 1. The number of carbonyl (C=O) groups is 1. The number of hydrogen-bond acceptors (Lipinski definition) is 9. The zero-order valence-electron chi connectivity index (χ0n) is 21.0. The topological polar surface area (TPSA) is 128 Å². The molecule has 38 heavy (non-hydrogen) atoms. The van der Waals surface area contributed by atoms with Crippen LogP contribution in [0.25, 0.3) is 22.4 Å². The molecule has 1 saturated carbocycles. The summed E-state index contributed by atoms with van der Waals surface area (Å²) in [7, 11) is 0. The van der Waals surface area contributed by atoms with Gasteiger partial charge in [0.2, 0.25) is 11.9 Å². The summed E-state index contributed by atoms with van der Waals surface area (Å²) in [6, 6.07) is 8.08. The van der Waals surface area contributed by atoms with Gasteiger partial charge in [0.05, 0.1) is 17.0 Å². The number of hydrogen-bond donors (Lipinski definition) is 1. The van der Waals surface area contributed by atoms with Crippen molar-refractivity contribution in [2.45, 2.75) is 51.7 Å². The van der Waals surface area contributed by atoms with Crippen molar-refractivity contribution < 1.29 is 19.0 Å². The highest BCUT2D eigenvalue weighted by Gasteiger charge is 2.22. The summed E-state index contributed by atoms with van der Waals surface area (Å²) in [6.07, 6.45) is 3.94. The van der Waals surface area contributed by atoms with Crippen LogP contribution in [0.1, 0.15) is 51.3 Å². The second-order valence-electron chi connectivity index (χ2n) is 9.75. The largest absolute Gasteiger partial charge is 0.442 e. The van der Waals surface area contributed by atoms with Crippen LogP contribution in [0.5, 0.6) is 0 Å². The Labute approximate surface area is 217 Å². The van der Waals surface area contributed by atoms with Crippen LogP contribution in [-0.2, 0) is 4.74 Å². The van der Waals surface area contributed by atoms with Crippen molar-refractivity contribution in [1.29, 1.82) is 0 Å². The van der Waals surface area contributed by atoms with Gasteiger partial charge in [-0.2, -0.15) is 9.07 Å². The Bertz CT molecular complexity index is 1630. The van der Waals surface area contributed by atoms with Crippen molar-refractivity contribution in [3.05, 3.63) is 59.9 Å². The van der Waals surface area contributed by atoms with Crippen LogP contribution in [0.15, 0.2) is 47.7 Å². The Hall–Kier alpha value is -4.56. The molecule has 3 aromatic heterocycles. The van der Waals surface area contributed by atoms with Crippen molar-refractivity contribution in [3.8, 4) is 23.4 Å². The predicted octanol–water partition coefficient (Wildman–Crippen LogP) is 4.22. The van der Waals surface area contributed by atoms with Gasteiger partial charge in [-0.05, 0) is 69.9 Å². The third-order valence-electron chi connectivity index (χ3n) is 5.56. The van der Waals surface area contributed by atoms with E-state index in [-0.39, 0.29) is 23.0 Å². The number of rotatable bonds is 2. The van der Waals surface area contributed by atoms with Crippen LogP contribution in [0.2, 0.25) is 0 Å². The predicted molar refractivity (Wildman–Crippen MR) is 137 cm³/mol. The summed E-state index contributed by atoms with van der Waals surface area (Å²) in [5.41, 5.74) is 1.83. The fourth-order valence-corrected chi connectivity index (χ4v) is 3.87. The summed E-state index contributed by atoms with van der Waals surface area (Å²) in [4.78, 5) is 34.2. The number of carbonyl (C=O) groups excluding carboxylic acids is 1. The molecule has 1 aliphatic rings. The SMILES string of the molecule is CC(C)(C)OC(=O)n1nc(F)c2cc(C#Cc3ccnc(-c4ccnc(/N=C5/CC[C@H](O)C5)n4)n3)ccc21. The molecule has 1 aromatic carbocycles. The molecule has 0 unspecified atom stereocenters. The molecule has 10 nitrogen and oxygen atoms in total. The first-order valence-corrected chi connectivity index (χ1v) is 12.0. The first-order valence-electron chi connectivity index (χ1n) is 12.0. The van der Waals surface area contributed by atoms with E-state index in [0.717, 1.165) is 10.4 Å². The van der Waals surface area contributed by atoms with Gasteiger partial charge in [0.15, 0.2) is 5.82 Å². The lowest BCUT2D eigenvalue weighted by molar-refractivity contribution is 0.0519. The van der Waals surface area contributed by atoms with E-state index in [1.54, 1.807) is 57.4 Å². The number of ether oxygens (including phenoxy) is 1. The van der Waals surface area contributed by atoms with E-state index in [1.165, 1.54) is 6.07 Å². The summed E-state index contributed by atoms with van der Waals surface area (Å²) in [5, 5.41) is 13.5. The van der Waals surface area contributed by atoms with Crippen LogP contribution in [0.4, 0.5) is 15.1 Å². The molecule has 1 N–H and O–H groups in total. The summed E-state index contributed by atoms with van der Waals surface area (Å²) in [6.45, 7) is 5.17. The molecular formula is C27H24FN7O3. The molecule has 0 radical (unpaired) electrons. The fourth-order valence-electron chi connectivity index (χ4n) is 3.87. The molecule has 1 fully saturated rings. The van der Waals surface area contributed by atoms with Gasteiger partial charge in [-0.3, -0.25) is 0 Å². The molecule has 1 aliphatic carbocycles. The van der Waals surface area contributed by atoms with Gasteiger partial charge in [-0.1, -0.05) is 5.92 Å². The Morgan fingerprint density at radius 1 is 1.16 bits per heavy atom. The lowest BCUT2D eigenvalue weighted by Crippen LogP contribution is -2.27. The van der Waals surface area contributed by atoms with E-state index in [9.17, 15) is 14.3 Å². The maximum atomic E-state index is 14.5. The molecule has 0 bridgehead atoms. The molecule has 11 heteroatoms. The third-order valence-corrected chi connectivity index (χ3v) is 5.56. The molecular weight excluding hydrogens is 489 g/mol. The van der Waals surface area contributed by atoms with Gasteiger partial charge in [-0.15, -0.1) is 5.10 Å². The van der Waals surface area contributed by atoms with E-state index in [0.29, 0.717) is 42.0 Å². The summed E-state index contributed by atoms with van der Waals surface area (Å²) < 4.78 is 20.7. The second kappa shape index (κ2) is 10.1. The van der Waals surface area contributed by atoms with E-state index in [2.05, 4.69) is 41.9 Å². The normalized spacial score (nSPS) is 16.4. The zero-order chi connectivity index (χ0) is 26.9. The molecule has 4 aromatic rings. The minimum absolute atomic E-state index is 0.149. The van der Waals surface area contributed by atoms with Crippen molar-refractivity contribution in [2.24, 2.45) is 4.99 Å². The van der Waals surface area contributed by atoms with Gasteiger partial charge in [-0.25, -0.2) is 29.7 Å².